The van der Waals surface area contributed by atoms with Crippen molar-refractivity contribution >= 4 is 49.3 Å². The highest BCUT2D eigenvalue weighted by Crippen LogP contribution is 2.44. The van der Waals surface area contributed by atoms with Crippen molar-refractivity contribution in [1.82, 2.24) is 29.7 Å². The first-order chi connectivity index (χ1) is 22.3. The van der Waals surface area contributed by atoms with Crippen LogP contribution in [0.25, 0.3) is 43.4 Å². The second-order valence-electron chi connectivity index (χ2n) is 11.5. The van der Waals surface area contributed by atoms with Gasteiger partial charge in [0.05, 0.1) is 10.2 Å². The number of pyridine rings is 1. The molecule has 0 aliphatic carbocycles. The van der Waals surface area contributed by atoms with E-state index in [2.05, 4.69) is 33.5 Å². The standard InChI is InChI=1S/C33H32F2N8O2S/c1-3-25(44)42-12-14-43(15-13-42)31-23-16-22(19-6-4-10-37-17-19)26(21-8-9-24(34)30-29(21)38-32(36)46-30)27(35)28(23)39-33(40-31)45-18-20-7-5-11-41(20)2/h3-4,6,8-10,16-17,20H,1,5,7,11-15,18H2,2H3,(H2,36,38). The molecular formula is C33H32F2N8O2S. The van der Waals surface area contributed by atoms with E-state index >= 15 is 4.39 Å². The van der Waals surface area contributed by atoms with Crippen molar-refractivity contribution < 1.29 is 18.3 Å². The second-order valence-corrected chi connectivity index (χ2v) is 12.5. The van der Waals surface area contributed by atoms with E-state index < -0.39 is 11.6 Å². The van der Waals surface area contributed by atoms with Gasteiger partial charge in [-0.3, -0.25) is 9.78 Å². The minimum atomic E-state index is -0.622. The first kappa shape index (κ1) is 29.9. The molecule has 1 atom stereocenters. The Morgan fingerprint density at radius 3 is 2.65 bits per heavy atom. The normalized spacial score (nSPS) is 17.2. The van der Waals surface area contributed by atoms with Crippen LogP contribution >= 0.6 is 11.3 Å². The van der Waals surface area contributed by atoms with Crippen LogP contribution in [0.15, 0.2) is 55.4 Å². The van der Waals surface area contributed by atoms with Crippen LogP contribution in [0.2, 0.25) is 0 Å². The summed E-state index contributed by atoms with van der Waals surface area (Å²) in [5.41, 5.74) is 8.08. The fourth-order valence-corrected chi connectivity index (χ4v) is 7.10. The number of hydrogen-bond acceptors (Lipinski definition) is 10. The lowest BCUT2D eigenvalue weighted by Gasteiger charge is -2.35. The Kier molecular flexibility index (Phi) is 7.95. The zero-order valence-electron chi connectivity index (χ0n) is 25.2. The van der Waals surface area contributed by atoms with Crippen molar-refractivity contribution in [2.24, 2.45) is 0 Å². The zero-order valence-corrected chi connectivity index (χ0v) is 26.1. The predicted octanol–water partition coefficient (Wildman–Crippen LogP) is 5.14. The molecule has 3 aromatic heterocycles. The van der Waals surface area contributed by atoms with E-state index in [1.807, 2.05) is 17.0 Å². The summed E-state index contributed by atoms with van der Waals surface area (Å²) < 4.78 is 38.5. The molecule has 2 aliphatic rings. The molecule has 1 unspecified atom stereocenters. The molecule has 0 bridgehead atoms. The van der Waals surface area contributed by atoms with Crippen LogP contribution in [0, 0.1) is 11.6 Å². The Morgan fingerprint density at radius 2 is 1.93 bits per heavy atom. The molecule has 7 rings (SSSR count). The molecule has 10 nitrogen and oxygen atoms in total. The van der Waals surface area contributed by atoms with Gasteiger partial charge in [0.2, 0.25) is 5.91 Å². The predicted molar refractivity (Wildman–Crippen MR) is 176 cm³/mol. The van der Waals surface area contributed by atoms with Crippen LogP contribution in [0.4, 0.5) is 19.7 Å². The molecule has 0 saturated carbocycles. The Bertz CT molecular complexity index is 1960. The summed E-state index contributed by atoms with van der Waals surface area (Å²) in [7, 11) is 2.05. The van der Waals surface area contributed by atoms with Crippen molar-refractivity contribution in [3.05, 3.63) is 67.0 Å². The summed E-state index contributed by atoms with van der Waals surface area (Å²) in [6.45, 7) is 6.80. The first-order valence-corrected chi connectivity index (χ1v) is 15.9. The second kappa shape index (κ2) is 12.2. The van der Waals surface area contributed by atoms with E-state index in [9.17, 15) is 9.18 Å². The number of aromatic nitrogens is 4. The summed E-state index contributed by atoms with van der Waals surface area (Å²) in [6, 6.07) is 8.54. The van der Waals surface area contributed by atoms with Gasteiger partial charge in [0.15, 0.2) is 10.9 Å². The van der Waals surface area contributed by atoms with Gasteiger partial charge in [-0.1, -0.05) is 24.0 Å². The van der Waals surface area contributed by atoms with Gasteiger partial charge < -0.3 is 25.2 Å². The number of ether oxygens (including phenoxy) is 1. The summed E-state index contributed by atoms with van der Waals surface area (Å²) in [6.07, 6.45) is 6.66. The van der Waals surface area contributed by atoms with E-state index in [-0.39, 0.29) is 44.4 Å². The number of benzene rings is 2. The lowest BCUT2D eigenvalue weighted by molar-refractivity contribution is -0.126. The van der Waals surface area contributed by atoms with Gasteiger partial charge in [0, 0.05) is 66.7 Å². The number of carbonyl (C=O) groups is 1. The lowest BCUT2D eigenvalue weighted by Crippen LogP contribution is -2.48. The molecule has 1 amide bonds. The number of thiazole rings is 1. The fourth-order valence-electron chi connectivity index (χ4n) is 6.33. The van der Waals surface area contributed by atoms with Crippen LogP contribution in [0.1, 0.15) is 12.8 Å². The highest BCUT2D eigenvalue weighted by atomic mass is 32.1. The van der Waals surface area contributed by atoms with Crippen molar-refractivity contribution in [2.45, 2.75) is 18.9 Å². The molecule has 0 radical (unpaired) electrons. The van der Waals surface area contributed by atoms with E-state index in [0.29, 0.717) is 60.7 Å². The number of likely N-dealkylation sites (N-methyl/N-ethyl adjacent to an activating group) is 1. The van der Waals surface area contributed by atoms with Crippen LogP contribution in [-0.4, -0.2) is 88.1 Å². The number of hydrogen-bond donors (Lipinski definition) is 1. The minimum Gasteiger partial charge on any atom is -0.462 e. The van der Waals surface area contributed by atoms with Gasteiger partial charge in [0.1, 0.15) is 23.8 Å². The molecule has 0 spiro atoms. The van der Waals surface area contributed by atoms with Gasteiger partial charge in [0.25, 0.3) is 0 Å². The number of fused-ring (bicyclic) bond motifs is 2. The highest BCUT2D eigenvalue weighted by molar-refractivity contribution is 7.22. The maximum absolute atomic E-state index is 17.3. The van der Waals surface area contributed by atoms with Gasteiger partial charge in [-0.25, -0.2) is 13.8 Å². The number of likely N-dealkylation sites (tertiary alicyclic amines) is 1. The average Bonchev–Trinajstić information content (AvgIpc) is 3.69. The Morgan fingerprint density at radius 1 is 1.11 bits per heavy atom. The third kappa shape index (κ3) is 5.39. The van der Waals surface area contributed by atoms with Crippen LogP contribution in [-0.2, 0) is 4.79 Å². The summed E-state index contributed by atoms with van der Waals surface area (Å²) in [5.74, 6) is -0.742. The summed E-state index contributed by atoms with van der Waals surface area (Å²) >= 11 is 1.01. The molecular weight excluding hydrogens is 610 g/mol. The largest absolute Gasteiger partial charge is 0.462 e. The summed E-state index contributed by atoms with van der Waals surface area (Å²) in [5, 5.41) is 0.654. The number of nitrogens with two attached hydrogens (primary N) is 1. The number of carbonyl (C=O) groups excluding carboxylic acids is 1. The number of amides is 1. The molecule has 2 N–H and O–H groups in total. The van der Waals surface area contributed by atoms with Crippen LogP contribution in [0.3, 0.4) is 0 Å². The van der Waals surface area contributed by atoms with E-state index in [0.717, 1.165) is 30.7 Å². The SMILES string of the molecule is C=CC(=O)N1CCN(c2nc(OCC3CCCN3C)nc3c(F)c(-c4ccc(F)c5sc(N)nc45)c(-c4cccnc4)cc23)CC1. The zero-order chi connectivity index (χ0) is 31.9. The van der Waals surface area contributed by atoms with Crippen molar-refractivity contribution in [3.8, 4) is 28.3 Å². The first-order valence-electron chi connectivity index (χ1n) is 15.1. The van der Waals surface area contributed by atoms with Crippen molar-refractivity contribution in [3.63, 3.8) is 0 Å². The fraction of sp³-hybridized carbons (Fsp3) is 0.303. The van der Waals surface area contributed by atoms with Crippen LogP contribution < -0.4 is 15.4 Å². The molecule has 2 aromatic carbocycles. The summed E-state index contributed by atoms with van der Waals surface area (Å²) in [4.78, 5) is 36.4. The maximum atomic E-state index is 17.3. The van der Waals surface area contributed by atoms with Gasteiger partial charge in [-0.15, -0.1) is 0 Å². The number of halogens is 2. The van der Waals surface area contributed by atoms with Crippen molar-refractivity contribution in [2.75, 3.05) is 57.0 Å². The van der Waals surface area contributed by atoms with Gasteiger partial charge >= 0.3 is 6.01 Å². The molecule has 5 heterocycles. The molecule has 5 aromatic rings. The van der Waals surface area contributed by atoms with E-state index in [1.54, 1.807) is 23.4 Å². The monoisotopic (exact) mass is 642 g/mol. The third-order valence-corrected chi connectivity index (χ3v) is 9.68. The smallest absolute Gasteiger partial charge is 0.319 e. The molecule has 2 saturated heterocycles. The molecule has 46 heavy (non-hydrogen) atoms. The molecule has 2 aliphatic heterocycles. The third-order valence-electron chi connectivity index (χ3n) is 8.79. The minimum absolute atomic E-state index is 0.0627. The van der Waals surface area contributed by atoms with E-state index in [4.69, 9.17) is 15.5 Å². The van der Waals surface area contributed by atoms with E-state index in [1.165, 1.54) is 18.2 Å². The van der Waals surface area contributed by atoms with Gasteiger partial charge in [-0.2, -0.15) is 9.97 Å². The Hall–Kier alpha value is -4.75. The number of anilines is 2. The number of nitrogens with zero attached hydrogens (tertiary/aromatic N) is 7. The number of nitrogen functional groups attached to an aromatic ring is 1. The quantitative estimate of drug-likeness (QED) is 0.241. The maximum Gasteiger partial charge on any atom is 0.319 e. The van der Waals surface area contributed by atoms with Crippen molar-refractivity contribution in [1.29, 1.82) is 0 Å². The topological polar surface area (TPSA) is 114 Å². The number of piperazine rings is 1. The Balaban J connectivity index is 1.44. The molecule has 236 valence electrons. The van der Waals surface area contributed by atoms with Crippen LogP contribution in [0.5, 0.6) is 6.01 Å². The van der Waals surface area contributed by atoms with Gasteiger partial charge in [-0.05, 0) is 62.3 Å². The molecule has 2 fully saturated rings. The average molecular weight is 643 g/mol. The highest BCUT2D eigenvalue weighted by Gasteiger charge is 2.29. The lowest BCUT2D eigenvalue weighted by atomic mass is 9.92. The Labute approximate surface area is 268 Å². The molecule has 13 heteroatoms. The number of rotatable bonds is 7.